The Morgan fingerprint density at radius 2 is 1.88 bits per heavy atom. The van der Waals surface area contributed by atoms with Crippen LogP contribution in [0, 0.1) is 0 Å². The van der Waals surface area contributed by atoms with Gasteiger partial charge in [-0.3, -0.25) is 0 Å². The fourth-order valence-electron chi connectivity index (χ4n) is 1.09. The minimum Gasteiger partial charge on any atom is -0.507 e. The van der Waals surface area contributed by atoms with Gasteiger partial charge in [-0.25, -0.2) is 4.79 Å². The van der Waals surface area contributed by atoms with Gasteiger partial charge in [-0.05, 0) is 19.1 Å². The van der Waals surface area contributed by atoms with E-state index in [-0.39, 0.29) is 33.0 Å². The van der Waals surface area contributed by atoms with Gasteiger partial charge in [0.2, 0.25) is 0 Å². The van der Waals surface area contributed by atoms with Crippen molar-refractivity contribution in [2.75, 3.05) is 6.61 Å². The molecule has 0 radical (unpaired) electrons. The topological polar surface area (TPSA) is 46.5 Å². The molecule has 0 unspecified atom stereocenters. The van der Waals surface area contributed by atoms with Gasteiger partial charge in [0, 0.05) is 5.56 Å². The quantitative estimate of drug-likeness (QED) is 0.395. The van der Waals surface area contributed by atoms with Crippen LogP contribution in [-0.2, 0) is 9.53 Å². The van der Waals surface area contributed by atoms with E-state index in [2.05, 4.69) is 4.74 Å². The van der Waals surface area contributed by atoms with E-state index in [9.17, 15) is 9.90 Å². The van der Waals surface area contributed by atoms with Crippen LogP contribution < -0.4 is 0 Å². The van der Waals surface area contributed by atoms with Crippen LogP contribution in [0.1, 0.15) is 12.5 Å². The fourth-order valence-corrected chi connectivity index (χ4v) is 1.74. The molecule has 1 aromatic carbocycles. The molecule has 0 aliphatic carbocycles. The maximum atomic E-state index is 11.1. The highest BCUT2D eigenvalue weighted by Gasteiger charge is 2.11. The number of esters is 1. The molecule has 92 valence electrons. The summed E-state index contributed by atoms with van der Waals surface area (Å²) in [4.78, 5) is 11.1. The Morgan fingerprint density at radius 1 is 1.29 bits per heavy atom. The third-order valence-corrected chi connectivity index (χ3v) is 2.86. The zero-order valence-corrected chi connectivity index (χ0v) is 11.1. The molecule has 0 aliphatic heterocycles. The van der Waals surface area contributed by atoms with Gasteiger partial charge < -0.3 is 9.84 Å². The highest BCUT2D eigenvalue weighted by molar-refractivity contribution is 6.43. The number of hydrogen-bond donors (Lipinski definition) is 1. The largest absolute Gasteiger partial charge is 0.507 e. The molecular formula is C11H9Cl3O3. The van der Waals surface area contributed by atoms with E-state index < -0.39 is 5.97 Å². The van der Waals surface area contributed by atoms with E-state index >= 15 is 0 Å². The second kappa shape index (κ2) is 6.15. The number of ether oxygens (including phenoxy) is 1. The number of benzene rings is 1. The summed E-state index contributed by atoms with van der Waals surface area (Å²) < 4.78 is 4.65. The Hall–Kier alpha value is -0.900. The van der Waals surface area contributed by atoms with Crippen molar-refractivity contribution in [1.29, 1.82) is 0 Å². The van der Waals surface area contributed by atoms with E-state index in [4.69, 9.17) is 34.8 Å². The molecule has 1 rings (SSSR count). The molecule has 0 saturated heterocycles. The summed E-state index contributed by atoms with van der Waals surface area (Å²) in [7, 11) is 0. The maximum Gasteiger partial charge on any atom is 0.334 e. The lowest BCUT2D eigenvalue weighted by Crippen LogP contribution is -2.01. The lowest BCUT2D eigenvalue weighted by atomic mass is 10.2. The molecule has 0 saturated carbocycles. The molecular weight excluding hydrogens is 286 g/mol. The first-order valence-corrected chi connectivity index (χ1v) is 5.81. The predicted molar refractivity (Wildman–Crippen MR) is 68.7 cm³/mol. The van der Waals surface area contributed by atoms with Crippen LogP contribution in [0.3, 0.4) is 0 Å². The van der Waals surface area contributed by atoms with Crippen LogP contribution in [0.2, 0.25) is 15.1 Å². The second-order valence-corrected chi connectivity index (χ2v) is 4.25. The number of halogens is 3. The standard InChI is InChI=1S/C11H9Cl3O3/c1-2-17-11(16)5-10(15)6-3-8(13)9(14)4-7(6)12/h3-5,15H,2H2,1H3/b10-5-. The van der Waals surface area contributed by atoms with Crippen molar-refractivity contribution in [3.8, 4) is 0 Å². The van der Waals surface area contributed by atoms with Gasteiger partial charge in [0.1, 0.15) is 5.76 Å². The molecule has 0 heterocycles. The number of carbonyl (C=O) groups excluding carboxylic acids is 1. The molecule has 1 N–H and O–H groups in total. The van der Waals surface area contributed by atoms with Crippen LogP contribution in [0.25, 0.3) is 5.76 Å². The first-order valence-electron chi connectivity index (χ1n) is 4.68. The average Bonchev–Trinajstić information content (AvgIpc) is 2.23. The lowest BCUT2D eigenvalue weighted by molar-refractivity contribution is -0.137. The molecule has 17 heavy (non-hydrogen) atoms. The zero-order chi connectivity index (χ0) is 13.0. The second-order valence-electron chi connectivity index (χ2n) is 3.03. The zero-order valence-electron chi connectivity index (χ0n) is 8.84. The number of rotatable bonds is 3. The highest BCUT2D eigenvalue weighted by Crippen LogP contribution is 2.31. The summed E-state index contributed by atoms with van der Waals surface area (Å²) in [6.45, 7) is 1.88. The Balaban J connectivity index is 3.08. The Labute approximate surface area is 114 Å². The van der Waals surface area contributed by atoms with Gasteiger partial charge in [0.25, 0.3) is 0 Å². The van der Waals surface area contributed by atoms with Crippen LogP contribution in [0.5, 0.6) is 0 Å². The number of carbonyl (C=O) groups is 1. The van der Waals surface area contributed by atoms with Crippen molar-refractivity contribution < 1.29 is 14.6 Å². The van der Waals surface area contributed by atoms with Crippen molar-refractivity contribution in [1.82, 2.24) is 0 Å². The Morgan fingerprint density at radius 3 is 2.47 bits per heavy atom. The fraction of sp³-hybridized carbons (Fsp3) is 0.182. The molecule has 0 fully saturated rings. The third-order valence-electron chi connectivity index (χ3n) is 1.83. The van der Waals surface area contributed by atoms with Gasteiger partial charge >= 0.3 is 5.97 Å². The van der Waals surface area contributed by atoms with E-state index in [1.54, 1.807) is 6.92 Å². The van der Waals surface area contributed by atoms with Crippen molar-refractivity contribution in [3.63, 3.8) is 0 Å². The van der Waals surface area contributed by atoms with E-state index in [0.717, 1.165) is 6.08 Å². The normalized spacial score (nSPS) is 11.4. The van der Waals surface area contributed by atoms with E-state index in [1.807, 2.05) is 0 Å². The maximum absolute atomic E-state index is 11.1. The molecule has 0 amide bonds. The van der Waals surface area contributed by atoms with Crippen LogP contribution in [-0.4, -0.2) is 17.7 Å². The minimum atomic E-state index is -0.660. The summed E-state index contributed by atoms with van der Waals surface area (Å²) in [6, 6.07) is 2.76. The molecule has 0 bridgehead atoms. The van der Waals surface area contributed by atoms with Gasteiger partial charge in [-0.2, -0.15) is 0 Å². The number of aliphatic hydroxyl groups is 1. The lowest BCUT2D eigenvalue weighted by Gasteiger charge is -2.05. The van der Waals surface area contributed by atoms with Crippen molar-refractivity contribution in [2.45, 2.75) is 6.92 Å². The number of aliphatic hydroxyl groups excluding tert-OH is 1. The summed E-state index contributed by atoms with van der Waals surface area (Å²) in [5.41, 5.74) is 0.217. The molecule has 0 atom stereocenters. The SMILES string of the molecule is CCOC(=O)/C=C(\O)c1cc(Cl)c(Cl)cc1Cl. The first-order chi connectivity index (χ1) is 7.95. The summed E-state index contributed by atoms with van der Waals surface area (Å²) >= 11 is 17.4. The molecule has 3 nitrogen and oxygen atoms in total. The molecule has 0 spiro atoms. The molecule has 0 aliphatic rings. The predicted octanol–water partition coefficient (Wildman–Crippen LogP) is 4.11. The van der Waals surface area contributed by atoms with Crippen LogP contribution in [0.15, 0.2) is 18.2 Å². The average molecular weight is 296 g/mol. The minimum absolute atomic E-state index is 0.192. The van der Waals surface area contributed by atoms with E-state index in [0.29, 0.717) is 0 Å². The first kappa shape index (κ1) is 14.2. The van der Waals surface area contributed by atoms with Gasteiger partial charge in [-0.15, -0.1) is 0 Å². The summed E-state index contributed by atoms with van der Waals surface area (Å²) in [5.74, 6) is -0.987. The van der Waals surface area contributed by atoms with Crippen molar-refractivity contribution in [2.24, 2.45) is 0 Å². The van der Waals surface area contributed by atoms with Crippen molar-refractivity contribution in [3.05, 3.63) is 38.8 Å². The summed E-state index contributed by atoms with van der Waals surface area (Å²) in [6.07, 6.45) is 0.926. The van der Waals surface area contributed by atoms with Gasteiger partial charge in [0.05, 0.1) is 27.8 Å². The van der Waals surface area contributed by atoms with E-state index in [1.165, 1.54) is 12.1 Å². The smallest absolute Gasteiger partial charge is 0.334 e. The highest BCUT2D eigenvalue weighted by atomic mass is 35.5. The van der Waals surface area contributed by atoms with Crippen LogP contribution >= 0.6 is 34.8 Å². The molecule has 1 aromatic rings. The Bertz CT molecular complexity index is 469. The number of hydrogen-bond acceptors (Lipinski definition) is 3. The molecule has 0 aromatic heterocycles. The van der Waals surface area contributed by atoms with Crippen molar-refractivity contribution >= 4 is 46.5 Å². The van der Waals surface area contributed by atoms with Gasteiger partial charge in [-0.1, -0.05) is 34.8 Å². The molecule has 6 heteroatoms. The Kier molecular flexibility index (Phi) is 5.12. The third kappa shape index (κ3) is 3.80. The van der Waals surface area contributed by atoms with Crippen LogP contribution in [0.4, 0.5) is 0 Å². The summed E-state index contributed by atoms with van der Waals surface area (Å²) in [5, 5.41) is 10.4. The monoisotopic (exact) mass is 294 g/mol. The van der Waals surface area contributed by atoms with Gasteiger partial charge in [0.15, 0.2) is 0 Å².